The summed E-state index contributed by atoms with van der Waals surface area (Å²) < 4.78 is 7.39. The van der Waals surface area contributed by atoms with Crippen LogP contribution in [0.2, 0.25) is 0 Å². The highest BCUT2D eigenvalue weighted by Gasteiger charge is 2.08. The van der Waals surface area contributed by atoms with Crippen LogP contribution in [0.4, 0.5) is 0 Å². The molecule has 3 rings (SSSR count). The zero-order chi connectivity index (χ0) is 13.9. The Balaban J connectivity index is 2.02. The second-order valence-corrected chi connectivity index (χ2v) is 4.71. The quantitative estimate of drug-likeness (QED) is 0.790. The fourth-order valence-corrected chi connectivity index (χ4v) is 2.45. The van der Waals surface area contributed by atoms with E-state index < -0.39 is 0 Å². The molecule has 2 N–H and O–H groups in total. The molecule has 20 heavy (non-hydrogen) atoms. The van der Waals surface area contributed by atoms with Gasteiger partial charge in [0.15, 0.2) is 0 Å². The number of fused-ring (bicyclic) bond motifs is 1. The second-order valence-electron chi connectivity index (χ2n) is 4.71. The molecule has 2 heterocycles. The molecule has 4 heteroatoms. The van der Waals surface area contributed by atoms with Crippen LogP contribution in [-0.2, 0) is 13.1 Å². The van der Waals surface area contributed by atoms with Gasteiger partial charge in [0.05, 0.1) is 7.11 Å². The van der Waals surface area contributed by atoms with Crippen molar-refractivity contribution in [2.24, 2.45) is 5.73 Å². The van der Waals surface area contributed by atoms with Gasteiger partial charge in [-0.3, -0.25) is 0 Å². The molecule has 0 fully saturated rings. The van der Waals surface area contributed by atoms with Crippen LogP contribution < -0.4 is 10.5 Å². The van der Waals surface area contributed by atoms with Crippen LogP contribution in [-0.4, -0.2) is 16.7 Å². The van der Waals surface area contributed by atoms with Crippen molar-refractivity contribution in [3.63, 3.8) is 0 Å². The molecule has 0 aliphatic carbocycles. The topological polar surface area (TPSA) is 53.1 Å². The van der Waals surface area contributed by atoms with Crippen molar-refractivity contribution in [3.05, 3.63) is 59.9 Å². The summed E-state index contributed by atoms with van der Waals surface area (Å²) >= 11 is 0. The molecule has 0 radical (unpaired) electrons. The normalized spacial score (nSPS) is 10.9. The van der Waals surface area contributed by atoms with Crippen molar-refractivity contribution in [2.45, 2.75) is 13.1 Å². The lowest BCUT2D eigenvalue weighted by Gasteiger charge is -2.06. The van der Waals surface area contributed by atoms with Crippen LogP contribution in [0.15, 0.2) is 48.8 Å². The van der Waals surface area contributed by atoms with Gasteiger partial charge in [-0.05, 0) is 35.4 Å². The van der Waals surface area contributed by atoms with Crippen LogP contribution in [0.1, 0.15) is 11.1 Å². The molecule has 0 aliphatic rings. The first kappa shape index (κ1) is 12.7. The number of methoxy groups -OCH3 is 1. The molecular weight excluding hydrogens is 250 g/mol. The first-order valence-corrected chi connectivity index (χ1v) is 6.57. The molecule has 0 unspecified atom stereocenters. The number of rotatable bonds is 4. The molecule has 0 saturated carbocycles. The molecule has 1 aromatic carbocycles. The third-order valence-corrected chi connectivity index (χ3v) is 3.42. The van der Waals surface area contributed by atoms with Gasteiger partial charge >= 0.3 is 0 Å². The molecule has 0 saturated heterocycles. The van der Waals surface area contributed by atoms with Crippen molar-refractivity contribution in [3.8, 4) is 5.75 Å². The molecule has 0 amide bonds. The zero-order valence-corrected chi connectivity index (χ0v) is 11.4. The molecule has 0 bridgehead atoms. The molecular formula is C16H17N3O. The Morgan fingerprint density at radius 1 is 1.25 bits per heavy atom. The monoisotopic (exact) mass is 267 g/mol. The van der Waals surface area contributed by atoms with E-state index in [1.165, 1.54) is 5.56 Å². The Morgan fingerprint density at radius 2 is 2.15 bits per heavy atom. The smallest absolute Gasteiger partial charge is 0.140 e. The number of hydrogen-bond acceptors (Lipinski definition) is 3. The lowest BCUT2D eigenvalue weighted by molar-refractivity contribution is 0.414. The zero-order valence-electron chi connectivity index (χ0n) is 11.4. The SMILES string of the molecule is COc1cccc(Cn2cc(CN)c3cccnc32)c1. The lowest BCUT2D eigenvalue weighted by atomic mass is 10.2. The van der Waals surface area contributed by atoms with Crippen molar-refractivity contribution < 1.29 is 4.74 Å². The molecule has 0 spiro atoms. The summed E-state index contributed by atoms with van der Waals surface area (Å²) in [6.07, 6.45) is 3.89. The summed E-state index contributed by atoms with van der Waals surface area (Å²) in [7, 11) is 1.68. The van der Waals surface area contributed by atoms with Gasteiger partial charge in [-0.15, -0.1) is 0 Å². The summed E-state index contributed by atoms with van der Waals surface area (Å²) in [5, 5.41) is 1.12. The minimum atomic E-state index is 0.521. The molecule has 2 aromatic heterocycles. The fraction of sp³-hybridized carbons (Fsp3) is 0.188. The molecule has 102 valence electrons. The lowest BCUT2D eigenvalue weighted by Crippen LogP contribution is -1.99. The molecule has 3 aromatic rings. The van der Waals surface area contributed by atoms with Crippen LogP contribution >= 0.6 is 0 Å². The van der Waals surface area contributed by atoms with Crippen molar-refractivity contribution >= 4 is 11.0 Å². The predicted molar refractivity (Wildman–Crippen MR) is 79.7 cm³/mol. The van der Waals surface area contributed by atoms with E-state index >= 15 is 0 Å². The minimum Gasteiger partial charge on any atom is -0.497 e. The number of aromatic nitrogens is 2. The number of pyridine rings is 1. The van der Waals surface area contributed by atoms with Crippen LogP contribution in [0, 0.1) is 0 Å². The van der Waals surface area contributed by atoms with Gasteiger partial charge in [-0.1, -0.05) is 12.1 Å². The first-order valence-electron chi connectivity index (χ1n) is 6.57. The maximum Gasteiger partial charge on any atom is 0.140 e. The Hall–Kier alpha value is -2.33. The fourth-order valence-electron chi connectivity index (χ4n) is 2.45. The number of hydrogen-bond donors (Lipinski definition) is 1. The standard InChI is InChI=1S/C16H17N3O/c1-20-14-5-2-4-12(8-14)10-19-11-13(9-17)15-6-3-7-18-16(15)19/h2-8,11H,9-10,17H2,1H3. The number of nitrogens with two attached hydrogens (primary N) is 1. The first-order chi connectivity index (χ1) is 9.81. The van der Waals surface area contributed by atoms with Gasteiger partial charge in [-0.2, -0.15) is 0 Å². The van der Waals surface area contributed by atoms with E-state index in [1.807, 2.05) is 30.5 Å². The van der Waals surface area contributed by atoms with Crippen LogP contribution in [0.3, 0.4) is 0 Å². The van der Waals surface area contributed by atoms with E-state index in [2.05, 4.69) is 27.9 Å². The summed E-state index contributed by atoms with van der Waals surface area (Å²) in [4.78, 5) is 4.46. The van der Waals surface area contributed by atoms with Gasteiger partial charge in [0, 0.05) is 30.9 Å². The summed E-state index contributed by atoms with van der Waals surface area (Å²) in [6.45, 7) is 1.28. The molecule has 0 atom stereocenters. The van der Waals surface area contributed by atoms with Gasteiger partial charge in [-0.25, -0.2) is 4.98 Å². The predicted octanol–water partition coefficient (Wildman–Crippen LogP) is 2.55. The van der Waals surface area contributed by atoms with Crippen LogP contribution in [0.25, 0.3) is 11.0 Å². The third-order valence-electron chi connectivity index (χ3n) is 3.42. The highest BCUT2D eigenvalue weighted by Crippen LogP contribution is 2.21. The average molecular weight is 267 g/mol. The molecule has 0 aliphatic heterocycles. The van der Waals surface area contributed by atoms with E-state index in [-0.39, 0.29) is 0 Å². The van der Waals surface area contributed by atoms with Crippen molar-refractivity contribution in [1.82, 2.24) is 9.55 Å². The Kier molecular flexibility index (Phi) is 3.39. The largest absolute Gasteiger partial charge is 0.497 e. The Bertz CT molecular complexity index is 733. The van der Waals surface area contributed by atoms with Gasteiger partial charge in [0.25, 0.3) is 0 Å². The maximum absolute atomic E-state index is 5.81. The van der Waals surface area contributed by atoms with Gasteiger partial charge < -0.3 is 15.0 Å². The van der Waals surface area contributed by atoms with Crippen molar-refractivity contribution in [2.75, 3.05) is 7.11 Å². The highest BCUT2D eigenvalue weighted by atomic mass is 16.5. The summed E-state index contributed by atoms with van der Waals surface area (Å²) in [5.41, 5.74) is 9.07. The highest BCUT2D eigenvalue weighted by molar-refractivity contribution is 5.80. The van der Waals surface area contributed by atoms with Gasteiger partial charge in [0.2, 0.25) is 0 Å². The van der Waals surface area contributed by atoms with E-state index in [1.54, 1.807) is 7.11 Å². The Labute approximate surface area is 117 Å². The average Bonchev–Trinajstić information content (AvgIpc) is 2.86. The minimum absolute atomic E-state index is 0.521. The second kappa shape index (κ2) is 5.35. The summed E-state index contributed by atoms with van der Waals surface area (Å²) in [6, 6.07) is 12.1. The van der Waals surface area contributed by atoms with E-state index in [0.717, 1.165) is 28.9 Å². The number of nitrogens with zero attached hydrogens (tertiary/aromatic N) is 2. The third kappa shape index (κ3) is 2.26. The number of benzene rings is 1. The van der Waals surface area contributed by atoms with Gasteiger partial charge in [0.1, 0.15) is 11.4 Å². The van der Waals surface area contributed by atoms with Crippen molar-refractivity contribution in [1.29, 1.82) is 0 Å². The summed E-state index contributed by atoms with van der Waals surface area (Å²) in [5.74, 6) is 0.867. The Morgan fingerprint density at radius 3 is 2.95 bits per heavy atom. The van der Waals surface area contributed by atoms with E-state index in [4.69, 9.17) is 10.5 Å². The number of ether oxygens (including phenoxy) is 1. The van der Waals surface area contributed by atoms with Crippen LogP contribution in [0.5, 0.6) is 5.75 Å². The van der Waals surface area contributed by atoms with E-state index in [0.29, 0.717) is 6.54 Å². The molecule has 4 nitrogen and oxygen atoms in total. The van der Waals surface area contributed by atoms with E-state index in [9.17, 15) is 0 Å². The maximum atomic E-state index is 5.81.